The minimum Gasteiger partial charge on any atom is -0.481 e. The summed E-state index contributed by atoms with van der Waals surface area (Å²) in [7, 11) is 0. The Morgan fingerprint density at radius 1 is 1.30 bits per heavy atom. The molecular formula is C22H32O5. The summed E-state index contributed by atoms with van der Waals surface area (Å²) in [5, 5.41) is 30.7. The third-order valence-corrected chi connectivity index (χ3v) is 8.86. The molecule has 3 fully saturated rings. The number of carbonyl (C=O) groups excluding carboxylic acids is 1. The maximum Gasteiger partial charge on any atom is 0.314 e. The Bertz CT molecular complexity index is 684. The highest BCUT2D eigenvalue weighted by Crippen LogP contribution is 2.67. The lowest BCUT2D eigenvalue weighted by atomic mass is 9.43. The number of hydrogen-bond donors (Lipinski definition) is 3. The number of rotatable bonds is 3. The van der Waals surface area contributed by atoms with Crippen LogP contribution in [0.3, 0.4) is 0 Å². The van der Waals surface area contributed by atoms with E-state index in [1.807, 2.05) is 0 Å². The second-order valence-electron chi connectivity index (χ2n) is 9.94. The third kappa shape index (κ3) is 2.57. The van der Waals surface area contributed by atoms with Gasteiger partial charge < -0.3 is 15.3 Å². The lowest BCUT2D eigenvalue weighted by molar-refractivity contribution is -0.163. The number of aliphatic hydroxyl groups excluding tert-OH is 2. The fraction of sp³-hybridized carbons (Fsp3) is 0.818. The zero-order chi connectivity index (χ0) is 19.6. The van der Waals surface area contributed by atoms with Gasteiger partial charge in [0.15, 0.2) is 5.78 Å². The molecule has 0 aromatic heterocycles. The van der Waals surface area contributed by atoms with Gasteiger partial charge in [-0.2, -0.15) is 0 Å². The van der Waals surface area contributed by atoms with Gasteiger partial charge in [-0.15, -0.1) is 0 Å². The second kappa shape index (κ2) is 6.41. The van der Waals surface area contributed by atoms with Crippen molar-refractivity contribution in [3.8, 4) is 0 Å². The number of carbonyl (C=O) groups is 2. The van der Waals surface area contributed by atoms with Crippen LogP contribution < -0.4 is 0 Å². The lowest BCUT2D eigenvalue weighted by Gasteiger charge is -2.61. The minimum atomic E-state index is -1.12. The van der Waals surface area contributed by atoms with Gasteiger partial charge in [-0.1, -0.05) is 25.8 Å². The molecule has 3 unspecified atom stereocenters. The van der Waals surface area contributed by atoms with Crippen molar-refractivity contribution >= 4 is 11.8 Å². The lowest BCUT2D eigenvalue weighted by Crippen LogP contribution is -2.60. The normalized spacial score (nSPS) is 49.0. The summed E-state index contributed by atoms with van der Waals surface area (Å²) in [6, 6.07) is 0. The number of carboxylic acids is 1. The number of allylic oxidation sites excluding steroid dienone is 1. The van der Waals surface area contributed by atoms with E-state index in [4.69, 9.17) is 0 Å². The minimum absolute atomic E-state index is 0.0276. The molecule has 0 radical (unpaired) electrons. The van der Waals surface area contributed by atoms with Crippen LogP contribution in [0, 0.1) is 40.4 Å². The van der Waals surface area contributed by atoms with E-state index in [1.54, 1.807) is 6.08 Å². The zero-order valence-corrected chi connectivity index (χ0v) is 16.4. The van der Waals surface area contributed by atoms with Crippen molar-refractivity contribution in [2.24, 2.45) is 40.4 Å². The average Bonchev–Trinajstić information content (AvgIpc) is 2.96. The molecule has 0 aromatic rings. The average molecular weight is 376 g/mol. The van der Waals surface area contributed by atoms with E-state index in [0.717, 1.165) is 31.3 Å². The van der Waals surface area contributed by atoms with Gasteiger partial charge in [0.25, 0.3) is 0 Å². The van der Waals surface area contributed by atoms with E-state index in [-0.39, 0.29) is 30.1 Å². The van der Waals surface area contributed by atoms with Crippen LogP contribution in [0.25, 0.3) is 0 Å². The van der Waals surface area contributed by atoms with Crippen molar-refractivity contribution in [1.82, 2.24) is 0 Å². The SMILES string of the molecule is C[C@@]12CCC[C@H]1[C@@H]1CCC3=CC(=O)C(C(=O)O)C(CCO)[C@]3(C)[C@@H]1C(O)C2. The number of aliphatic hydroxyl groups is 2. The first-order chi connectivity index (χ1) is 12.7. The van der Waals surface area contributed by atoms with Gasteiger partial charge >= 0.3 is 5.97 Å². The molecular weight excluding hydrogens is 344 g/mol. The van der Waals surface area contributed by atoms with Crippen molar-refractivity contribution in [2.45, 2.75) is 64.9 Å². The first-order valence-corrected chi connectivity index (χ1v) is 10.5. The predicted octanol–water partition coefficient (Wildman–Crippen LogP) is 2.80. The Hall–Kier alpha value is -1.20. The Morgan fingerprint density at radius 3 is 2.70 bits per heavy atom. The van der Waals surface area contributed by atoms with Crippen LogP contribution in [0.4, 0.5) is 0 Å². The molecule has 4 aliphatic carbocycles. The molecule has 3 saturated carbocycles. The van der Waals surface area contributed by atoms with E-state index in [2.05, 4.69) is 13.8 Å². The summed E-state index contributed by atoms with van der Waals surface area (Å²) in [6.07, 6.45) is 7.46. The van der Waals surface area contributed by atoms with Gasteiger partial charge in [-0.05, 0) is 79.1 Å². The predicted molar refractivity (Wildman–Crippen MR) is 99.8 cm³/mol. The van der Waals surface area contributed by atoms with Crippen molar-refractivity contribution in [3.63, 3.8) is 0 Å². The molecule has 0 spiro atoms. The Labute approximate surface area is 160 Å². The smallest absolute Gasteiger partial charge is 0.314 e. The topological polar surface area (TPSA) is 94.8 Å². The van der Waals surface area contributed by atoms with E-state index in [0.29, 0.717) is 11.8 Å². The molecule has 5 heteroatoms. The van der Waals surface area contributed by atoms with Crippen LogP contribution in [0.15, 0.2) is 11.6 Å². The van der Waals surface area contributed by atoms with Gasteiger partial charge in [0.1, 0.15) is 5.92 Å². The maximum absolute atomic E-state index is 12.6. The molecule has 4 aliphatic rings. The summed E-state index contributed by atoms with van der Waals surface area (Å²) in [5.74, 6) is -2.11. The van der Waals surface area contributed by atoms with Crippen LogP contribution in [-0.4, -0.2) is 39.8 Å². The molecule has 0 heterocycles. The summed E-state index contributed by atoms with van der Waals surface area (Å²) in [5.41, 5.74) is 0.651. The van der Waals surface area contributed by atoms with Crippen molar-refractivity contribution in [2.75, 3.05) is 6.61 Å². The molecule has 0 aromatic carbocycles. The van der Waals surface area contributed by atoms with Crippen LogP contribution >= 0.6 is 0 Å². The third-order valence-electron chi connectivity index (χ3n) is 8.86. The Balaban J connectivity index is 1.82. The monoisotopic (exact) mass is 376 g/mol. The van der Waals surface area contributed by atoms with Gasteiger partial charge in [0.2, 0.25) is 0 Å². The summed E-state index contributed by atoms with van der Waals surface area (Å²) < 4.78 is 0. The van der Waals surface area contributed by atoms with Crippen molar-refractivity contribution in [1.29, 1.82) is 0 Å². The maximum atomic E-state index is 12.6. The van der Waals surface area contributed by atoms with Gasteiger partial charge in [-0.25, -0.2) is 0 Å². The fourth-order valence-corrected chi connectivity index (χ4v) is 7.83. The summed E-state index contributed by atoms with van der Waals surface area (Å²) in [6.45, 7) is 4.24. The van der Waals surface area contributed by atoms with Gasteiger partial charge in [0, 0.05) is 6.61 Å². The molecule has 0 bridgehead atoms. The van der Waals surface area contributed by atoms with E-state index in [1.165, 1.54) is 12.8 Å². The quantitative estimate of drug-likeness (QED) is 0.659. The van der Waals surface area contributed by atoms with Crippen LogP contribution in [-0.2, 0) is 9.59 Å². The molecule has 8 atom stereocenters. The number of aliphatic carboxylic acids is 1. The van der Waals surface area contributed by atoms with Crippen LogP contribution in [0.5, 0.6) is 0 Å². The number of hydrogen-bond acceptors (Lipinski definition) is 4. The number of fused-ring (bicyclic) bond motifs is 5. The summed E-state index contributed by atoms with van der Waals surface area (Å²) >= 11 is 0. The molecule has 150 valence electrons. The Kier molecular flexibility index (Phi) is 4.54. The standard InChI is InChI=1S/C22H32O5/c1-21-8-3-4-14(21)13-6-5-12-10-16(24)18(20(26)27)15(7-9-23)22(12,2)19(13)17(25)11-21/h10,13-15,17-19,23,25H,3-9,11H2,1-2H3,(H,26,27)/t13-,14-,15?,17?,18?,19-,21-,22+/m0/s1. The molecule has 4 rings (SSSR count). The summed E-state index contributed by atoms with van der Waals surface area (Å²) in [4.78, 5) is 24.5. The first-order valence-electron chi connectivity index (χ1n) is 10.5. The second-order valence-corrected chi connectivity index (χ2v) is 9.94. The molecule has 0 amide bonds. The number of ketones is 1. The first kappa shape index (κ1) is 19.1. The van der Waals surface area contributed by atoms with E-state index in [9.17, 15) is 24.9 Å². The highest BCUT2D eigenvalue weighted by Gasteiger charge is 2.63. The molecule has 5 nitrogen and oxygen atoms in total. The van der Waals surface area contributed by atoms with Gasteiger partial charge in [0.05, 0.1) is 6.10 Å². The molecule has 0 aliphatic heterocycles. The molecule has 27 heavy (non-hydrogen) atoms. The number of carboxylic acid groups (broad SMARTS) is 1. The highest BCUT2D eigenvalue weighted by molar-refractivity contribution is 6.06. The van der Waals surface area contributed by atoms with Crippen molar-refractivity contribution < 1.29 is 24.9 Å². The Morgan fingerprint density at radius 2 is 2.04 bits per heavy atom. The highest BCUT2D eigenvalue weighted by atomic mass is 16.4. The van der Waals surface area contributed by atoms with Crippen molar-refractivity contribution in [3.05, 3.63) is 11.6 Å². The van der Waals surface area contributed by atoms with Gasteiger partial charge in [-0.3, -0.25) is 9.59 Å². The fourth-order valence-electron chi connectivity index (χ4n) is 7.83. The molecule has 3 N–H and O–H groups in total. The van der Waals surface area contributed by atoms with Crippen LogP contribution in [0.2, 0.25) is 0 Å². The molecule has 0 saturated heterocycles. The van der Waals surface area contributed by atoms with Crippen LogP contribution in [0.1, 0.15) is 58.8 Å². The zero-order valence-electron chi connectivity index (χ0n) is 16.4. The largest absolute Gasteiger partial charge is 0.481 e. The van der Waals surface area contributed by atoms with E-state index >= 15 is 0 Å². The van der Waals surface area contributed by atoms with E-state index < -0.39 is 29.3 Å².